The molecule has 6 rings (SSSR count). The summed E-state index contributed by atoms with van der Waals surface area (Å²) < 4.78 is 7.33. The Hall–Kier alpha value is -3.81. The van der Waals surface area contributed by atoms with Crippen molar-refractivity contribution < 1.29 is 4.74 Å². The molecule has 2 aliphatic heterocycles. The number of ether oxygens (including phenoxy) is 1. The molecule has 4 aromatic rings. The molecule has 0 radical (unpaired) electrons. The number of aromatic nitrogens is 2. The zero-order valence-electron chi connectivity index (χ0n) is 24.2. The predicted octanol–water partition coefficient (Wildman–Crippen LogP) is 5.45. The van der Waals surface area contributed by atoms with E-state index in [9.17, 15) is 0 Å². The molecule has 3 heterocycles. The van der Waals surface area contributed by atoms with Gasteiger partial charge in [0.15, 0.2) is 0 Å². The third kappa shape index (κ3) is 6.75. The van der Waals surface area contributed by atoms with Crippen molar-refractivity contribution in [2.45, 2.75) is 25.8 Å². The lowest BCUT2D eigenvalue weighted by Gasteiger charge is -2.36. The van der Waals surface area contributed by atoms with Gasteiger partial charge in [0.1, 0.15) is 5.75 Å². The molecule has 0 bridgehead atoms. The van der Waals surface area contributed by atoms with E-state index < -0.39 is 0 Å². The molecule has 1 N–H and O–H groups in total. The Morgan fingerprint density at radius 2 is 1.46 bits per heavy atom. The van der Waals surface area contributed by atoms with Gasteiger partial charge < -0.3 is 19.9 Å². The number of benzene rings is 3. The second kappa shape index (κ2) is 13.2. The number of methoxy groups -OCH3 is 1. The number of para-hydroxylation sites is 1. The van der Waals surface area contributed by atoms with Crippen molar-refractivity contribution in [2.24, 2.45) is 0 Å². The van der Waals surface area contributed by atoms with E-state index in [-0.39, 0.29) is 0 Å². The average molecular weight is 551 g/mol. The number of nitrogens with zero attached hydrogens (tertiary/aromatic N) is 5. The summed E-state index contributed by atoms with van der Waals surface area (Å²) in [6, 6.07) is 27.9. The van der Waals surface area contributed by atoms with E-state index in [0.717, 1.165) is 76.0 Å². The normalized spacial score (nSPS) is 16.2. The first-order chi connectivity index (χ1) is 20.3. The topological polar surface area (TPSA) is 48.8 Å². The summed E-state index contributed by atoms with van der Waals surface area (Å²) in [5, 5.41) is 8.75. The van der Waals surface area contributed by atoms with Crippen molar-refractivity contribution in [2.75, 3.05) is 69.3 Å². The Balaban J connectivity index is 1.08. The van der Waals surface area contributed by atoms with E-state index >= 15 is 0 Å². The van der Waals surface area contributed by atoms with Crippen molar-refractivity contribution in [3.63, 3.8) is 0 Å². The highest BCUT2D eigenvalue weighted by molar-refractivity contribution is 5.70. The van der Waals surface area contributed by atoms with Crippen molar-refractivity contribution in [3.05, 3.63) is 90.8 Å². The van der Waals surface area contributed by atoms with Gasteiger partial charge in [-0.3, -0.25) is 4.90 Å². The Kier molecular flexibility index (Phi) is 8.83. The van der Waals surface area contributed by atoms with E-state index in [2.05, 4.69) is 92.9 Å². The van der Waals surface area contributed by atoms with Crippen LogP contribution in [0.5, 0.6) is 5.75 Å². The number of hydrogen-bond acceptors (Lipinski definition) is 6. The largest absolute Gasteiger partial charge is 0.497 e. The van der Waals surface area contributed by atoms with Gasteiger partial charge in [0.2, 0.25) is 0 Å². The van der Waals surface area contributed by atoms with E-state index in [0.29, 0.717) is 0 Å². The highest BCUT2D eigenvalue weighted by Crippen LogP contribution is 2.29. The van der Waals surface area contributed by atoms with Gasteiger partial charge in [-0.05, 0) is 73.4 Å². The molecule has 0 unspecified atom stereocenters. The summed E-state index contributed by atoms with van der Waals surface area (Å²) in [5.41, 5.74) is 7.21. The van der Waals surface area contributed by atoms with Gasteiger partial charge in [-0.15, -0.1) is 0 Å². The molecule has 1 aromatic heterocycles. The number of nitrogens with one attached hydrogen (secondary N) is 1. The minimum atomic E-state index is 0.745. The molecule has 0 saturated carbocycles. The van der Waals surface area contributed by atoms with Crippen LogP contribution in [0.25, 0.3) is 16.8 Å². The molecule has 3 aromatic carbocycles. The summed E-state index contributed by atoms with van der Waals surface area (Å²) in [4.78, 5) is 7.55. The Labute approximate surface area is 244 Å². The lowest BCUT2D eigenvalue weighted by Crippen LogP contribution is -2.48. The minimum Gasteiger partial charge on any atom is -0.497 e. The maximum Gasteiger partial charge on any atom is 0.119 e. The number of hydrogen-bond donors (Lipinski definition) is 1. The maximum atomic E-state index is 5.31. The fourth-order valence-electron chi connectivity index (χ4n) is 5.98. The lowest BCUT2D eigenvalue weighted by molar-refractivity contribution is 0.257. The summed E-state index contributed by atoms with van der Waals surface area (Å²) in [7, 11) is 1.71. The van der Waals surface area contributed by atoms with Crippen LogP contribution in [-0.4, -0.2) is 74.1 Å². The molecule has 0 atom stereocenters. The monoisotopic (exact) mass is 550 g/mol. The van der Waals surface area contributed by atoms with Gasteiger partial charge in [-0.1, -0.05) is 30.3 Å². The first kappa shape index (κ1) is 27.4. The molecule has 7 heteroatoms. The van der Waals surface area contributed by atoms with Gasteiger partial charge >= 0.3 is 0 Å². The third-order valence-corrected chi connectivity index (χ3v) is 8.40. The van der Waals surface area contributed by atoms with Gasteiger partial charge in [0, 0.05) is 82.0 Å². The van der Waals surface area contributed by atoms with Gasteiger partial charge in [-0.25, -0.2) is 4.68 Å². The Morgan fingerprint density at radius 3 is 2.22 bits per heavy atom. The van der Waals surface area contributed by atoms with Crippen LogP contribution in [0.15, 0.2) is 85.1 Å². The Morgan fingerprint density at radius 1 is 0.732 bits per heavy atom. The zero-order valence-corrected chi connectivity index (χ0v) is 24.2. The first-order valence-electron chi connectivity index (χ1n) is 15.1. The molecule has 0 amide bonds. The minimum absolute atomic E-state index is 0.745. The number of rotatable bonds is 10. The highest BCUT2D eigenvalue weighted by Gasteiger charge is 2.18. The van der Waals surface area contributed by atoms with Crippen LogP contribution >= 0.6 is 0 Å². The summed E-state index contributed by atoms with van der Waals surface area (Å²) in [5.74, 6) is 0.907. The second-order valence-electron chi connectivity index (χ2n) is 11.1. The van der Waals surface area contributed by atoms with Crippen LogP contribution in [0.4, 0.5) is 11.4 Å². The average Bonchev–Trinajstić information content (AvgIpc) is 3.49. The van der Waals surface area contributed by atoms with Crippen LogP contribution < -0.4 is 19.9 Å². The van der Waals surface area contributed by atoms with E-state index in [1.807, 2.05) is 16.8 Å². The molecular formula is C34H42N6O. The predicted molar refractivity (Wildman–Crippen MR) is 168 cm³/mol. The lowest BCUT2D eigenvalue weighted by atomic mass is 10.0. The molecule has 2 saturated heterocycles. The molecule has 214 valence electrons. The van der Waals surface area contributed by atoms with E-state index in [1.165, 1.54) is 41.8 Å². The van der Waals surface area contributed by atoms with Crippen LogP contribution in [0.3, 0.4) is 0 Å². The number of anilines is 2. The molecule has 7 nitrogen and oxygen atoms in total. The quantitative estimate of drug-likeness (QED) is 0.265. The van der Waals surface area contributed by atoms with E-state index in [1.54, 1.807) is 7.11 Å². The van der Waals surface area contributed by atoms with E-state index in [4.69, 9.17) is 9.84 Å². The van der Waals surface area contributed by atoms with Crippen molar-refractivity contribution in [1.29, 1.82) is 0 Å². The molecular weight excluding hydrogens is 508 g/mol. The van der Waals surface area contributed by atoms with Crippen LogP contribution in [0, 0.1) is 0 Å². The fourth-order valence-corrected chi connectivity index (χ4v) is 5.98. The van der Waals surface area contributed by atoms with Crippen molar-refractivity contribution >= 4 is 11.4 Å². The number of piperazine rings is 1. The van der Waals surface area contributed by atoms with Crippen LogP contribution in [-0.2, 0) is 6.54 Å². The molecule has 2 fully saturated rings. The smallest absolute Gasteiger partial charge is 0.119 e. The first-order valence-corrected chi connectivity index (χ1v) is 15.1. The van der Waals surface area contributed by atoms with Crippen molar-refractivity contribution in [1.82, 2.24) is 20.0 Å². The summed E-state index contributed by atoms with van der Waals surface area (Å²) in [6.07, 6.45) is 6.10. The maximum absolute atomic E-state index is 5.31. The molecule has 0 aliphatic carbocycles. The van der Waals surface area contributed by atoms with Gasteiger partial charge in [0.05, 0.1) is 18.5 Å². The molecule has 2 aliphatic rings. The Bertz CT molecular complexity index is 1370. The SMILES string of the molecule is COc1ccc(N2CCN(CCNCc3nn(-c4ccccc4)cc3-c3cccc(N4CCCCC4)c3)CC2)cc1. The van der Waals surface area contributed by atoms with Gasteiger partial charge in [0.25, 0.3) is 0 Å². The van der Waals surface area contributed by atoms with Gasteiger partial charge in [-0.2, -0.15) is 5.10 Å². The standard InChI is InChI=1S/C34H42N6O/c1-41-32-15-13-29(14-16-32)39-23-21-37(22-24-39)20-17-35-26-34-33(27-40(36-34)30-10-4-2-5-11-30)28-9-8-12-31(25-28)38-18-6-3-7-19-38/h2,4-5,8-16,25,27,35H,3,6-7,17-24,26H2,1H3. The van der Waals surface area contributed by atoms with Crippen LogP contribution in [0.2, 0.25) is 0 Å². The van der Waals surface area contributed by atoms with Crippen molar-refractivity contribution in [3.8, 4) is 22.6 Å². The zero-order chi connectivity index (χ0) is 27.9. The third-order valence-electron chi connectivity index (χ3n) is 8.40. The summed E-state index contributed by atoms with van der Waals surface area (Å²) >= 11 is 0. The second-order valence-corrected chi connectivity index (χ2v) is 11.1. The number of piperidine rings is 1. The summed E-state index contributed by atoms with van der Waals surface area (Å²) in [6.45, 7) is 9.26. The highest BCUT2D eigenvalue weighted by atomic mass is 16.5. The molecule has 0 spiro atoms. The fraction of sp³-hybridized carbons (Fsp3) is 0.382. The molecule has 41 heavy (non-hydrogen) atoms. The van der Waals surface area contributed by atoms with Crippen LogP contribution in [0.1, 0.15) is 25.0 Å².